The third kappa shape index (κ3) is 1.31. The monoisotopic (exact) mass is 175 g/mol. The predicted octanol–water partition coefficient (Wildman–Crippen LogP) is 0.468. The number of nitrogens with one attached hydrogen (secondary N) is 1. The third-order valence-corrected chi connectivity index (χ3v) is 1.69. The minimum atomic E-state index is 0.0113. The van der Waals surface area contributed by atoms with Crippen LogP contribution >= 0.6 is 0 Å². The van der Waals surface area contributed by atoms with E-state index < -0.39 is 0 Å². The number of benzene rings is 1. The number of nitrogens with two attached hydrogens (primary N) is 2. The summed E-state index contributed by atoms with van der Waals surface area (Å²) in [6, 6.07) is 7.64. The van der Waals surface area contributed by atoms with Crippen molar-refractivity contribution in [2.45, 2.75) is 0 Å². The number of hydrogen-bond acceptors (Lipinski definition) is 2. The largest absolute Gasteiger partial charge is 0.370 e. The highest BCUT2D eigenvalue weighted by Crippen LogP contribution is 2.21. The van der Waals surface area contributed by atoms with E-state index in [1.54, 1.807) is 0 Å². The fourth-order valence-electron chi connectivity index (χ4n) is 1.16. The highest BCUT2D eigenvalue weighted by atomic mass is 15.2. The molecule has 5 nitrogen and oxygen atoms in total. The molecule has 13 heavy (non-hydrogen) atoms. The highest BCUT2D eigenvalue weighted by Gasteiger charge is 2.02. The molecule has 1 aromatic carbocycles. The van der Waals surface area contributed by atoms with Gasteiger partial charge in [-0.25, -0.2) is 0 Å². The van der Waals surface area contributed by atoms with Crippen molar-refractivity contribution in [1.29, 1.82) is 0 Å². The van der Waals surface area contributed by atoms with E-state index in [-0.39, 0.29) is 5.96 Å². The van der Waals surface area contributed by atoms with Crippen LogP contribution in [-0.2, 0) is 0 Å². The summed E-state index contributed by atoms with van der Waals surface area (Å²) < 4.78 is 0. The van der Waals surface area contributed by atoms with E-state index in [0.717, 1.165) is 10.9 Å². The van der Waals surface area contributed by atoms with Crippen molar-refractivity contribution in [3.05, 3.63) is 24.3 Å². The number of aromatic nitrogens is 2. The van der Waals surface area contributed by atoms with Gasteiger partial charge >= 0.3 is 0 Å². The maximum atomic E-state index is 5.25. The predicted molar refractivity (Wildman–Crippen MR) is 51.6 cm³/mol. The highest BCUT2D eigenvalue weighted by molar-refractivity contribution is 5.91. The molecule has 0 unspecified atom stereocenters. The number of H-pyrrole nitrogens is 1. The first kappa shape index (κ1) is 7.60. The van der Waals surface area contributed by atoms with E-state index in [9.17, 15) is 0 Å². The van der Waals surface area contributed by atoms with Crippen LogP contribution in [0.4, 0.5) is 5.82 Å². The Morgan fingerprint density at radius 1 is 1.31 bits per heavy atom. The molecular weight excluding hydrogens is 166 g/mol. The molecule has 0 saturated carbocycles. The second kappa shape index (κ2) is 2.78. The Labute approximate surface area is 74.5 Å². The lowest BCUT2D eigenvalue weighted by molar-refractivity contribution is 1.10. The number of guanidine groups is 1. The quantitative estimate of drug-likeness (QED) is 0.434. The molecule has 2 aromatic rings. The Morgan fingerprint density at radius 2 is 2.08 bits per heavy atom. The van der Waals surface area contributed by atoms with Gasteiger partial charge in [0.15, 0.2) is 11.8 Å². The van der Waals surface area contributed by atoms with Crippen molar-refractivity contribution in [1.82, 2.24) is 10.2 Å². The van der Waals surface area contributed by atoms with Gasteiger partial charge in [0.2, 0.25) is 0 Å². The van der Waals surface area contributed by atoms with Crippen molar-refractivity contribution in [2.75, 3.05) is 0 Å². The van der Waals surface area contributed by atoms with Gasteiger partial charge in [-0.15, -0.1) is 0 Å². The molecule has 0 atom stereocenters. The number of rotatable bonds is 1. The molecule has 0 saturated heterocycles. The zero-order chi connectivity index (χ0) is 9.26. The van der Waals surface area contributed by atoms with Crippen LogP contribution in [0.1, 0.15) is 0 Å². The van der Waals surface area contributed by atoms with Crippen LogP contribution in [0.15, 0.2) is 29.3 Å². The van der Waals surface area contributed by atoms with E-state index in [4.69, 9.17) is 11.5 Å². The average Bonchev–Trinajstić information content (AvgIpc) is 2.48. The number of para-hydroxylation sites is 1. The molecule has 0 bridgehead atoms. The number of aliphatic imine (C=N–C) groups is 1. The smallest absolute Gasteiger partial charge is 0.192 e. The topological polar surface area (TPSA) is 93.1 Å². The van der Waals surface area contributed by atoms with Crippen molar-refractivity contribution >= 4 is 22.7 Å². The first-order valence-corrected chi connectivity index (χ1v) is 3.80. The molecule has 0 aliphatic heterocycles. The Hall–Kier alpha value is -2.04. The Morgan fingerprint density at radius 3 is 2.85 bits per heavy atom. The summed E-state index contributed by atoms with van der Waals surface area (Å²) >= 11 is 0. The minimum absolute atomic E-state index is 0.0113. The van der Waals surface area contributed by atoms with Crippen LogP contribution in [0.25, 0.3) is 10.9 Å². The zero-order valence-corrected chi connectivity index (χ0v) is 6.86. The molecule has 5 heteroatoms. The Kier molecular flexibility index (Phi) is 1.63. The van der Waals surface area contributed by atoms with Gasteiger partial charge in [0.05, 0.1) is 5.52 Å². The molecular formula is C8H9N5. The minimum Gasteiger partial charge on any atom is -0.370 e. The van der Waals surface area contributed by atoms with Crippen molar-refractivity contribution in [3.63, 3.8) is 0 Å². The van der Waals surface area contributed by atoms with Crippen LogP contribution in [0.5, 0.6) is 0 Å². The number of aromatic amines is 1. The van der Waals surface area contributed by atoms with E-state index in [1.165, 1.54) is 0 Å². The molecule has 1 heterocycles. The summed E-state index contributed by atoms with van der Waals surface area (Å²) in [5.74, 6) is 0.535. The molecule has 0 amide bonds. The SMILES string of the molecule is NC(N)=Nc1n[nH]c2ccccc12. The second-order valence-corrected chi connectivity index (χ2v) is 2.63. The summed E-state index contributed by atoms with van der Waals surface area (Å²) in [6.45, 7) is 0. The maximum Gasteiger partial charge on any atom is 0.192 e. The van der Waals surface area contributed by atoms with Gasteiger partial charge in [-0.05, 0) is 12.1 Å². The molecule has 66 valence electrons. The zero-order valence-electron chi connectivity index (χ0n) is 6.86. The van der Waals surface area contributed by atoms with Gasteiger partial charge in [-0.2, -0.15) is 10.1 Å². The number of nitrogens with zero attached hydrogens (tertiary/aromatic N) is 2. The van der Waals surface area contributed by atoms with Crippen LogP contribution < -0.4 is 11.5 Å². The van der Waals surface area contributed by atoms with E-state index >= 15 is 0 Å². The molecule has 0 aliphatic carbocycles. The molecule has 2 rings (SSSR count). The number of fused-ring (bicyclic) bond motifs is 1. The molecule has 0 fully saturated rings. The fourth-order valence-corrected chi connectivity index (χ4v) is 1.16. The van der Waals surface area contributed by atoms with Gasteiger partial charge in [0, 0.05) is 5.39 Å². The van der Waals surface area contributed by atoms with Crippen LogP contribution in [0.3, 0.4) is 0 Å². The summed E-state index contributed by atoms with van der Waals surface area (Å²) in [5, 5.41) is 7.70. The maximum absolute atomic E-state index is 5.25. The first-order valence-electron chi connectivity index (χ1n) is 3.80. The fraction of sp³-hybridized carbons (Fsp3) is 0. The van der Waals surface area contributed by atoms with Gasteiger partial charge in [0.1, 0.15) is 0 Å². The molecule has 0 radical (unpaired) electrons. The summed E-state index contributed by atoms with van der Waals surface area (Å²) in [5.41, 5.74) is 11.4. The normalized spacial score (nSPS) is 10.2. The van der Waals surface area contributed by atoms with Gasteiger partial charge < -0.3 is 11.5 Å². The molecule has 5 N–H and O–H groups in total. The van der Waals surface area contributed by atoms with Crippen molar-refractivity contribution < 1.29 is 0 Å². The van der Waals surface area contributed by atoms with Gasteiger partial charge in [0.25, 0.3) is 0 Å². The average molecular weight is 175 g/mol. The third-order valence-electron chi connectivity index (χ3n) is 1.69. The first-order chi connectivity index (χ1) is 6.27. The number of hydrogen-bond donors (Lipinski definition) is 3. The summed E-state index contributed by atoms with van der Waals surface area (Å²) in [4.78, 5) is 3.88. The van der Waals surface area contributed by atoms with E-state index in [0.29, 0.717) is 5.82 Å². The van der Waals surface area contributed by atoms with E-state index in [2.05, 4.69) is 15.2 Å². The Balaban J connectivity index is 2.65. The van der Waals surface area contributed by atoms with Gasteiger partial charge in [-0.3, -0.25) is 5.10 Å². The summed E-state index contributed by atoms with van der Waals surface area (Å²) in [6.07, 6.45) is 0. The molecule has 0 aliphatic rings. The lowest BCUT2D eigenvalue weighted by atomic mass is 10.2. The van der Waals surface area contributed by atoms with E-state index in [1.807, 2.05) is 24.3 Å². The standard InChI is InChI=1S/C8H9N5/c9-8(10)11-7-5-3-1-2-4-6(5)12-13-7/h1-4H,(H5,9,10,11,12,13). The van der Waals surface area contributed by atoms with Crippen LogP contribution in [0, 0.1) is 0 Å². The van der Waals surface area contributed by atoms with Crippen molar-refractivity contribution in [3.8, 4) is 0 Å². The summed E-state index contributed by atoms with van der Waals surface area (Å²) in [7, 11) is 0. The lowest BCUT2D eigenvalue weighted by Crippen LogP contribution is -2.21. The molecule has 0 spiro atoms. The van der Waals surface area contributed by atoms with Crippen LogP contribution in [0.2, 0.25) is 0 Å². The Bertz CT molecular complexity index is 452. The molecule has 1 aromatic heterocycles. The second-order valence-electron chi connectivity index (χ2n) is 2.63. The lowest BCUT2D eigenvalue weighted by Gasteiger charge is -1.89. The van der Waals surface area contributed by atoms with Gasteiger partial charge in [-0.1, -0.05) is 12.1 Å². The van der Waals surface area contributed by atoms with Crippen LogP contribution in [-0.4, -0.2) is 16.2 Å². The van der Waals surface area contributed by atoms with Crippen molar-refractivity contribution in [2.24, 2.45) is 16.5 Å².